The molecule has 0 heterocycles. The second-order valence-corrected chi connectivity index (χ2v) is 5.50. The summed E-state index contributed by atoms with van der Waals surface area (Å²) in [5, 5.41) is 0. The molecule has 2 aromatic rings. The highest BCUT2D eigenvalue weighted by molar-refractivity contribution is 7.97. The van der Waals surface area contributed by atoms with E-state index in [4.69, 9.17) is 5.73 Å². The highest BCUT2D eigenvalue weighted by Gasteiger charge is 2.01. The zero-order valence-electron chi connectivity index (χ0n) is 11.2. The summed E-state index contributed by atoms with van der Waals surface area (Å²) >= 11 is 1.67. The Labute approximate surface area is 119 Å². The van der Waals surface area contributed by atoms with Crippen LogP contribution in [0.3, 0.4) is 0 Å². The number of benzene rings is 2. The Morgan fingerprint density at radius 2 is 1.63 bits per heavy atom. The largest absolute Gasteiger partial charge is 0.330 e. The Hall–Kier alpha value is -1.29. The number of rotatable bonds is 6. The highest BCUT2D eigenvalue weighted by atomic mass is 32.2. The molecule has 0 saturated heterocycles. The van der Waals surface area contributed by atoms with Crippen LogP contribution >= 0.6 is 11.9 Å². The Kier molecular flexibility index (Phi) is 5.45. The van der Waals surface area contributed by atoms with Gasteiger partial charge in [-0.2, -0.15) is 0 Å². The zero-order chi connectivity index (χ0) is 13.5. The lowest BCUT2D eigenvalue weighted by molar-refractivity contribution is 0.638. The van der Waals surface area contributed by atoms with Crippen LogP contribution in [0, 0.1) is 0 Å². The van der Waals surface area contributed by atoms with Crippen molar-refractivity contribution in [3.63, 3.8) is 0 Å². The van der Waals surface area contributed by atoms with Crippen LogP contribution in [0.1, 0.15) is 13.3 Å². The molecule has 3 N–H and O–H groups in total. The Bertz CT molecular complexity index is 482. The van der Waals surface area contributed by atoms with Gasteiger partial charge in [0, 0.05) is 10.9 Å². The van der Waals surface area contributed by atoms with Crippen molar-refractivity contribution < 1.29 is 0 Å². The third kappa shape index (κ3) is 4.39. The van der Waals surface area contributed by atoms with Gasteiger partial charge in [-0.05, 0) is 55.1 Å². The summed E-state index contributed by atoms with van der Waals surface area (Å²) in [7, 11) is 0. The molecule has 0 bridgehead atoms. The third-order valence-electron chi connectivity index (χ3n) is 2.94. The van der Waals surface area contributed by atoms with E-state index in [-0.39, 0.29) is 0 Å². The molecule has 1 unspecified atom stereocenters. The first-order valence-electron chi connectivity index (χ1n) is 6.57. The highest BCUT2D eigenvalue weighted by Crippen LogP contribution is 2.23. The molecule has 0 aromatic heterocycles. The van der Waals surface area contributed by atoms with E-state index in [2.05, 4.69) is 60.2 Å². The normalized spacial score (nSPS) is 12.3. The van der Waals surface area contributed by atoms with E-state index in [0.717, 1.165) is 13.0 Å². The molecule has 0 amide bonds. The number of hydrogen-bond acceptors (Lipinski definition) is 3. The predicted octanol–water partition coefficient (Wildman–Crippen LogP) is 3.69. The second kappa shape index (κ2) is 7.34. The van der Waals surface area contributed by atoms with Crippen molar-refractivity contribution in [2.45, 2.75) is 24.3 Å². The quantitative estimate of drug-likeness (QED) is 0.788. The van der Waals surface area contributed by atoms with E-state index in [9.17, 15) is 0 Å². The molecule has 0 aliphatic rings. The van der Waals surface area contributed by atoms with E-state index >= 15 is 0 Å². The van der Waals surface area contributed by atoms with Crippen molar-refractivity contribution in [2.24, 2.45) is 5.73 Å². The summed E-state index contributed by atoms with van der Waals surface area (Å²) < 4.78 is 3.40. The lowest BCUT2D eigenvalue weighted by Crippen LogP contribution is -2.22. The molecule has 0 aliphatic heterocycles. The van der Waals surface area contributed by atoms with Crippen LogP contribution in [0.2, 0.25) is 0 Å². The molecule has 2 rings (SSSR count). The molecular formula is C16H20N2S. The first-order valence-corrected chi connectivity index (χ1v) is 7.39. The minimum atomic E-state index is 0.434. The van der Waals surface area contributed by atoms with Gasteiger partial charge in [-0.15, -0.1) is 0 Å². The van der Waals surface area contributed by atoms with Crippen molar-refractivity contribution in [1.82, 2.24) is 4.72 Å². The van der Waals surface area contributed by atoms with Crippen LogP contribution < -0.4 is 10.5 Å². The van der Waals surface area contributed by atoms with Crippen LogP contribution in [0.4, 0.5) is 0 Å². The van der Waals surface area contributed by atoms with Gasteiger partial charge in [-0.3, -0.25) is 4.72 Å². The minimum absolute atomic E-state index is 0.434. The first-order chi connectivity index (χ1) is 9.29. The van der Waals surface area contributed by atoms with E-state index in [1.807, 2.05) is 6.07 Å². The van der Waals surface area contributed by atoms with E-state index in [1.54, 1.807) is 11.9 Å². The maximum Gasteiger partial charge on any atom is 0.0228 e. The molecule has 100 valence electrons. The molecule has 2 nitrogen and oxygen atoms in total. The SMILES string of the molecule is CC(CCN)NSc1ccc(-c2ccccc2)cc1. The average Bonchev–Trinajstić information content (AvgIpc) is 2.47. The van der Waals surface area contributed by atoms with E-state index in [1.165, 1.54) is 16.0 Å². The lowest BCUT2D eigenvalue weighted by Gasteiger charge is -2.11. The molecule has 0 spiro atoms. The first kappa shape index (κ1) is 14.1. The minimum Gasteiger partial charge on any atom is -0.330 e. The molecule has 19 heavy (non-hydrogen) atoms. The van der Waals surface area contributed by atoms with Gasteiger partial charge in [0.2, 0.25) is 0 Å². The van der Waals surface area contributed by atoms with Gasteiger partial charge in [0.15, 0.2) is 0 Å². The Balaban J connectivity index is 1.95. The van der Waals surface area contributed by atoms with Crippen LogP contribution in [0.25, 0.3) is 11.1 Å². The van der Waals surface area contributed by atoms with E-state index in [0.29, 0.717) is 6.04 Å². The summed E-state index contributed by atoms with van der Waals surface area (Å²) in [6.45, 7) is 2.87. The van der Waals surface area contributed by atoms with Gasteiger partial charge >= 0.3 is 0 Å². The molecule has 0 fully saturated rings. The number of hydrogen-bond donors (Lipinski definition) is 2. The molecule has 1 atom stereocenters. The molecular weight excluding hydrogens is 252 g/mol. The summed E-state index contributed by atoms with van der Waals surface area (Å²) in [6, 6.07) is 19.5. The van der Waals surface area contributed by atoms with Gasteiger partial charge in [-0.1, -0.05) is 42.5 Å². The second-order valence-electron chi connectivity index (χ2n) is 4.59. The maximum atomic E-state index is 5.53. The van der Waals surface area contributed by atoms with Crippen LogP contribution in [-0.2, 0) is 0 Å². The summed E-state index contributed by atoms with van der Waals surface area (Å²) in [5.74, 6) is 0. The van der Waals surface area contributed by atoms with Gasteiger partial charge in [0.05, 0.1) is 0 Å². The molecule has 0 aliphatic carbocycles. The summed E-state index contributed by atoms with van der Waals surface area (Å²) in [6.07, 6.45) is 0.995. The fraction of sp³-hybridized carbons (Fsp3) is 0.250. The fourth-order valence-corrected chi connectivity index (χ4v) is 2.55. The van der Waals surface area contributed by atoms with Crippen LogP contribution in [-0.4, -0.2) is 12.6 Å². The van der Waals surface area contributed by atoms with Crippen molar-refractivity contribution in [3.8, 4) is 11.1 Å². The Morgan fingerprint density at radius 1 is 1.00 bits per heavy atom. The van der Waals surface area contributed by atoms with Crippen LogP contribution in [0.15, 0.2) is 59.5 Å². The topological polar surface area (TPSA) is 38.0 Å². The Morgan fingerprint density at radius 3 is 2.26 bits per heavy atom. The van der Waals surface area contributed by atoms with Crippen molar-refractivity contribution in [3.05, 3.63) is 54.6 Å². The molecule has 2 aromatic carbocycles. The molecule has 3 heteroatoms. The predicted molar refractivity (Wildman–Crippen MR) is 84.0 cm³/mol. The van der Waals surface area contributed by atoms with Crippen LogP contribution in [0.5, 0.6) is 0 Å². The van der Waals surface area contributed by atoms with Gasteiger partial charge < -0.3 is 5.73 Å². The zero-order valence-corrected chi connectivity index (χ0v) is 12.0. The van der Waals surface area contributed by atoms with Crippen molar-refractivity contribution >= 4 is 11.9 Å². The molecule has 0 saturated carbocycles. The van der Waals surface area contributed by atoms with E-state index < -0.39 is 0 Å². The van der Waals surface area contributed by atoms with Crippen molar-refractivity contribution in [1.29, 1.82) is 0 Å². The van der Waals surface area contributed by atoms with Gasteiger partial charge in [0.25, 0.3) is 0 Å². The maximum absolute atomic E-state index is 5.53. The standard InChI is InChI=1S/C16H20N2S/c1-13(11-12-17)18-19-16-9-7-15(8-10-16)14-5-3-2-4-6-14/h2-10,13,18H,11-12,17H2,1H3. The number of nitrogens with two attached hydrogens (primary N) is 1. The third-order valence-corrected chi connectivity index (χ3v) is 3.97. The monoisotopic (exact) mass is 272 g/mol. The molecule has 0 radical (unpaired) electrons. The smallest absolute Gasteiger partial charge is 0.0228 e. The van der Waals surface area contributed by atoms with Gasteiger partial charge in [-0.25, -0.2) is 0 Å². The summed E-state index contributed by atoms with van der Waals surface area (Å²) in [4.78, 5) is 1.23. The lowest BCUT2D eigenvalue weighted by atomic mass is 10.1. The van der Waals surface area contributed by atoms with Crippen molar-refractivity contribution in [2.75, 3.05) is 6.54 Å². The number of nitrogens with one attached hydrogen (secondary N) is 1. The fourth-order valence-electron chi connectivity index (χ4n) is 1.82. The average molecular weight is 272 g/mol. The van der Waals surface area contributed by atoms with Gasteiger partial charge in [0.1, 0.15) is 0 Å². The summed E-state index contributed by atoms with van der Waals surface area (Å²) in [5.41, 5.74) is 8.04.